The zero-order valence-electron chi connectivity index (χ0n) is 16.6. The van der Waals surface area contributed by atoms with Gasteiger partial charge in [-0.2, -0.15) is 5.10 Å². The molecule has 0 saturated heterocycles. The second-order valence-electron chi connectivity index (χ2n) is 7.33. The molecule has 3 N–H and O–H groups in total. The summed E-state index contributed by atoms with van der Waals surface area (Å²) in [5, 5.41) is 30.5. The normalized spacial score (nSPS) is 14.4. The number of benzene rings is 2. The van der Waals surface area contributed by atoms with E-state index in [4.69, 9.17) is 16.3 Å². The fraction of sp³-hybridized carbons (Fsp3) is 0.261. The van der Waals surface area contributed by atoms with Gasteiger partial charge >= 0.3 is 6.09 Å². The number of carbonyl (C=O) groups excluding carboxylic acids is 1. The number of ether oxygens (including phenoxy) is 1. The number of rotatable bonds is 7. The molecule has 0 bridgehead atoms. The van der Waals surface area contributed by atoms with Gasteiger partial charge in [0.25, 0.3) is 0 Å². The first-order valence-electron chi connectivity index (χ1n) is 9.98. The van der Waals surface area contributed by atoms with Crippen LogP contribution in [-0.4, -0.2) is 45.8 Å². The minimum atomic E-state index is -1.23. The second kappa shape index (κ2) is 9.43. The summed E-state index contributed by atoms with van der Waals surface area (Å²) in [6.45, 7) is 0.349. The lowest BCUT2D eigenvalue weighted by atomic mass is 9.98. The summed E-state index contributed by atoms with van der Waals surface area (Å²) < 4.78 is 5.45. The zero-order valence-corrected chi connectivity index (χ0v) is 17.4. The predicted molar refractivity (Wildman–Crippen MR) is 116 cm³/mol. The van der Waals surface area contributed by atoms with Crippen LogP contribution in [0.4, 0.5) is 4.79 Å². The van der Waals surface area contributed by atoms with E-state index in [1.807, 2.05) is 24.3 Å². The number of alkyl carbamates (subject to hydrolysis) is 1. The molecule has 2 atom stereocenters. The van der Waals surface area contributed by atoms with E-state index in [2.05, 4.69) is 39.8 Å². The Balaban J connectivity index is 1.28. The largest absolute Gasteiger partial charge is 0.449 e. The Bertz CT molecular complexity index is 1020. The van der Waals surface area contributed by atoms with Crippen LogP contribution in [0.5, 0.6) is 0 Å². The highest BCUT2D eigenvalue weighted by Crippen LogP contribution is 2.44. The van der Waals surface area contributed by atoms with E-state index in [9.17, 15) is 15.0 Å². The number of carbonyl (C=O) groups is 1. The summed E-state index contributed by atoms with van der Waals surface area (Å²) in [6.07, 6.45) is -2.80. The van der Waals surface area contributed by atoms with Gasteiger partial charge in [0.05, 0.1) is 11.8 Å². The monoisotopic (exact) mass is 439 g/mol. The number of nitrogens with one attached hydrogen (secondary N) is 1. The smallest absolute Gasteiger partial charge is 0.407 e. The van der Waals surface area contributed by atoms with Crippen LogP contribution >= 0.6 is 11.6 Å². The Morgan fingerprint density at radius 3 is 2.26 bits per heavy atom. The second-order valence-corrected chi connectivity index (χ2v) is 7.72. The number of aliphatic hydroxyl groups excluding tert-OH is 2. The van der Waals surface area contributed by atoms with Crippen LogP contribution in [-0.2, 0) is 4.74 Å². The predicted octanol–water partition coefficient (Wildman–Crippen LogP) is 3.45. The van der Waals surface area contributed by atoms with Crippen LogP contribution in [0.1, 0.15) is 35.3 Å². The lowest BCUT2D eigenvalue weighted by Crippen LogP contribution is -2.31. The molecule has 160 valence electrons. The highest BCUT2D eigenvalue weighted by Gasteiger charge is 2.29. The van der Waals surface area contributed by atoms with Crippen LogP contribution in [0.15, 0.2) is 60.7 Å². The van der Waals surface area contributed by atoms with Gasteiger partial charge in [0.15, 0.2) is 5.15 Å². The Labute approximate surface area is 184 Å². The Hall–Kier alpha value is -3.00. The quantitative estimate of drug-likeness (QED) is 0.520. The Kier molecular flexibility index (Phi) is 6.46. The van der Waals surface area contributed by atoms with Crippen LogP contribution in [0.2, 0.25) is 5.15 Å². The average molecular weight is 440 g/mol. The van der Waals surface area contributed by atoms with Gasteiger partial charge in [0.2, 0.25) is 0 Å². The SMILES string of the molecule is O=C(NCCC(O)C(O)c1ccc(Cl)nn1)OCC1c2ccccc2-c2ccccc21. The third-order valence-electron chi connectivity index (χ3n) is 5.37. The molecule has 1 amide bonds. The first-order valence-corrected chi connectivity index (χ1v) is 10.4. The molecule has 4 rings (SSSR count). The summed E-state index contributed by atoms with van der Waals surface area (Å²) in [5.74, 6) is -0.0194. The summed E-state index contributed by atoms with van der Waals surface area (Å²) in [5.41, 5.74) is 4.81. The van der Waals surface area contributed by atoms with Gasteiger partial charge in [-0.1, -0.05) is 60.1 Å². The first kappa shape index (κ1) is 21.2. The fourth-order valence-electron chi connectivity index (χ4n) is 3.81. The summed E-state index contributed by atoms with van der Waals surface area (Å²) >= 11 is 5.67. The minimum Gasteiger partial charge on any atom is -0.449 e. The summed E-state index contributed by atoms with van der Waals surface area (Å²) in [6, 6.07) is 19.2. The van der Waals surface area contributed by atoms with E-state index < -0.39 is 18.3 Å². The van der Waals surface area contributed by atoms with Crippen molar-refractivity contribution in [2.24, 2.45) is 0 Å². The highest BCUT2D eigenvalue weighted by molar-refractivity contribution is 6.29. The third kappa shape index (κ3) is 4.69. The highest BCUT2D eigenvalue weighted by atomic mass is 35.5. The molecule has 1 aliphatic carbocycles. The number of amides is 1. The van der Waals surface area contributed by atoms with Crippen molar-refractivity contribution in [2.75, 3.05) is 13.2 Å². The van der Waals surface area contributed by atoms with E-state index in [1.54, 1.807) is 0 Å². The van der Waals surface area contributed by atoms with Crippen molar-refractivity contribution < 1.29 is 19.7 Å². The molecular formula is C23H22ClN3O4. The molecule has 3 aromatic rings. The first-order chi connectivity index (χ1) is 15.0. The molecule has 7 nitrogen and oxygen atoms in total. The van der Waals surface area contributed by atoms with Gasteiger partial charge < -0.3 is 20.3 Å². The van der Waals surface area contributed by atoms with Gasteiger partial charge in [0.1, 0.15) is 12.7 Å². The maximum absolute atomic E-state index is 12.2. The van der Waals surface area contributed by atoms with Crippen molar-refractivity contribution in [1.82, 2.24) is 15.5 Å². The standard InChI is InChI=1S/C23H22ClN3O4/c24-21-10-9-19(26-27-21)22(29)20(28)11-12-25-23(30)31-13-18-16-7-3-1-5-14(16)15-6-2-4-8-17(15)18/h1-10,18,20,22,28-29H,11-13H2,(H,25,30). The van der Waals surface area contributed by atoms with Gasteiger partial charge in [-0.25, -0.2) is 4.79 Å². The fourth-order valence-corrected chi connectivity index (χ4v) is 3.91. The average Bonchev–Trinajstić information content (AvgIpc) is 3.11. The summed E-state index contributed by atoms with van der Waals surface area (Å²) in [4.78, 5) is 12.2. The molecule has 1 aromatic heterocycles. The van der Waals surface area contributed by atoms with E-state index in [1.165, 1.54) is 12.1 Å². The molecule has 0 fully saturated rings. The molecule has 0 radical (unpaired) electrons. The third-order valence-corrected chi connectivity index (χ3v) is 5.57. The number of halogens is 1. The lowest BCUT2D eigenvalue weighted by molar-refractivity contribution is 0.0107. The van der Waals surface area contributed by atoms with Gasteiger partial charge in [-0.05, 0) is 40.8 Å². The van der Waals surface area contributed by atoms with Crippen molar-refractivity contribution in [2.45, 2.75) is 24.5 Å². The van der Waals surface area contributed by atoms with E-state index in [-0.39, 0.29) is 36.3 Å². The molecule has 2 aromatic carbocycles. The molecule has 31 heavy (non-hydrogen) atoms. The van der Waals surface area contributed by atoms with Crippen molar-refractivity contribution in [1.29, 1.82) is 0 Å². The Morgan fingerprint density at radius 1 is 1.00 bits per heavy atom. The number of hydrogen-bond donors (Lipinski definition) is 3. The molecule has 1 aliphatic rings. The minimum absolute atomic E-state index is 0.0194. The molecule has 0 saturated carbocycles. The van der Waals surface area contributed by atoms with Crippen LogP contribution in [0, 0.1) is 0 Å². The van der Waals surface area contributed by atoms with Crippen molar-refractivity contribution in [3.63, 3.8) is 0 Å². The summed E-state index contributed by atoms with van der Waals surface area (Å²) in [7, 11) is 0. The molecule has 1 heterocycles. The van der Waals surface area contributed by atoms with Gasteiger partial charge in [-0.3, -0.25) is 0 Å². The maximum Gasteiger partial charge on any atom is 0.407 e. The number of aromatic nitrogens is 2. The topological polar surface area (TPSA) is 105 Å². The van der Waals surface area contributed by atoms with Crippen molar-refractivity contribution in [3.05, 3.63) is 82.6 Å². The molecule has 2 unspecified atom stereocenters. The van der Waals surface area contributed by atoms with E-state index >= 15 is 0 Å². The van der Waals surface area contributed by atoms with Crippen molar-refractivity contribution in [3.8, 4) is 11.1 Å². The van der Waals surface area contributed by atoms with Gasteiger partial charge in [0, 0.05) is 12.5 Å². The molecule has 8 heteroatoms. The van der Waals surface area contributed by atoms with E-state index in [0.717, 1.165) is 22.3 Å². The Morgan fingerprint density at radius 2 is 1.65 bits per heavy atom. The molecule has 0 spiro atoms. The van der Waals surface area contributed by atoms with Crippen LogP contribution in [0.3, 0.4) is 0 Å². The van der Waals surface area contributed by atoms with Crippen LogP contribution in [0.25, 0.3) is 11.1 Å². The van der Waals surface area contributed by atoms with E-state index in [0.29, 0.717) is 0 Å². The molecule has 0 aliphatic heterocycles. The molecular weight excluding hydrogens is 418 g/mol. The van der Waals surface area contributed by atoms with Gasteiger partial charge in [-0.15, -0.1) is 5.10 Å². The number of aliphatic hydroxyl groups is 2. The number of nitrogens with zero attached hydrogens (tertiary/aromatic N) is 2. The number of fused-ring (bicyclic) bond motifs is 3. The maximum atomic E-state index is 12.2. The lowest BCUT2D eigenvalue weighted by Gasteiger charge is -2.18. The zero-order chi connectivity index (χ0) is 21.8. The van der Waals surface area contributed by atoms with Crippen LogP contribution < -0.4 is 5.32 Å². The number of hydrogen-bond acceptors (Lipinski definition) is 6. The van der Waals surface area contributed by atoms with Crippen molar-refractivity contribution >= 4 is 17.7 Å².